The van der Waals surface area contributed by atoms with Gasteiger partial charge in [-0.25, -0.2) is 9.78 Å². The number of benzene rings is 1. The fourth-order valence-electron chi connectivity index (χ4n) is 6.89. The van der Waals surface area contributed by atoms with Crippen LogP contribution in [0.5, 0.6) is 0 Å². The molecule has 2 saturated heterocycles. The van der Waals surface area contributed by atoms with Crippen molar-refractivity contribution in [3.63, 3.8) is 0 Å². The molecule has 6 rings (SSSR count). The molecular formula is C27H35N5O2. The summed E-state index contributed by atoms with van der Waals surface area (Å²) in [5, 5.41) is 19.2. The van der Waals surface area contributed by atoms with E-state index in [1.807, 2.05) is 24.3 Å². The van der Waals surface area contributed by atoms with Crippen LogP contribution < -0.4 is 15.3 Å². The number of fused-ring (bicyclic) bond motifs is 3. The number of rotatable bonds is 4. The lowest BCUT2D eigenvalue weighted by Crippen LogP contribution is -2.44. The number of nitrogens with zero attached hydrogens (tertiary/aromatic N) is 3. The standard InChI is InChI=1S/C27H35N5O2/c33-27(29-24-9-4-10-25-23(24)17-22-8-5-15-32(22,25)34)30-26-16-19(11-13-28-26)20-12-14-31(18-20)21-6-2-1-3-7-21/h4,9-11,13,16,20-22H,1-3,5-8,12,14-15,17-18H2,(H2,28,29,30,33). The Hall–Kier alpha value is -2.48. The molecule has 1 aromatic carbocycles. The average molecular weight is 462 g/mol. The maximum absolute atomic E-state index is 13.3. The maximum atomic E-state index is 13.3. The number of anilines is 2. The van der Waals surface area contributed by atoms with Crippen LogP contribution in [0.15, 0.2) is 36.5 Å². The van der Waals surface area contributed by atoms with Crippen molar-refractivity contribution in [3.8, 4) is 0 Å². The van der Waals surface area contributed by atoms with E-state index in [9.17, 15) is 10.0 Å². The molecule has 0 spiro atoms. The monoisotopic (exact) mass is 461 g/mol. The predicted octanol–water partition coefficient (Wildman–Crippen LogP) is 5.37. The Kier molecular flexibility index (Phi) is 5.79. The largest absolute Gasteiger partial charge is 0.627 e. The van der Waals surface area contributed by atoms with Crippen LogP contribution in [0.3, 0.4) is 0 Å². The molecule has 34 heavy (non-hydrogen) atoms. The first-order valence-electron chi connectivity index (χ1n) is 13.1. The van der Waals surface area contributed by atoms with E-state index in [2.05, 4.69) is 26.6 Å². The minimum atomic E-state index is -0.308. The molecule has 2 aromatic rings. The molecule has 180 valence electrons. The van der Waals surface area contributed by atoms with E-state index in [0.29, 0.717) is 18.3 Å². The first-order chi connectivity index (χ1) is 16.6. The van der Waals surface area contributed by atoms with Gasteiger partial charge in [-0.3, -0.25) is 10.2 Å². The number of carbonyl (C=O) groups is 1. The lowest BCUT2D eigenvalue weighted by Gasteiger charge is -2.39. The second-order valence-electron chi connectivity index (χ2n) is 10.6. The molecule has 2 N–H and O–H groups in total. The van der Waals surface area contributed by atoms with E-state index in [-0.39, 0.29) is 16.7 Å². The fraction of sp³-hybridized carbons (Fsp3) is 0.556. The lowest BCUT2D eigenvalue weighted by molar-refractivity contribution is 0.189. The number of hydrogen-bond acceptors (Lipinski definition) is 4. The Balaban J connectivity index is 1.11. The molecule has 2 amide bonds. The van der Waals surface area contributed by atoms with Gasteiger partial charge in [0.15, 0.2) is 0 Å². The topological polar surface area (TPSA) is 80.3 Å². The quantitative estimate of drug-likeness (QED) is 0.474. The number of urea groups is 1. The Morgan fingerprint density at radius 2 is 1.94 bits per heavy atom. The molecule has 1 aliphatic carbocycles. The van der Waals surface area contributed by atoms with Gasteiger partial charge in [-0.1, -0.05) is 25.3 Å². The summed E-state index contributed by atoms with van der Waals surface area (Å²) >= 11 is 0. The summed E-state index contributed by atoms with van der Waals surface area (Å²) < 4.78 is -0.227. The van der Waals surface area contributed by atoms with Crippen molar-refractivity contribution in [3.05, 3.63) is 52.9 Å². The molecule has 7 nitrogen and oxygen atoms in total. The Bertz CT molecular complexity index is 1070. The second kappa shape index (κ2) is 8.95. The van der Waals surface area contributed by atoms with Gasteiger partial charge in [0.25, 0.3) is 0 Å². The smallest absolute Gasteiger partial charge is 0.324 e. The van der Waals surface area contributed by atoms with Crippen LogP contribution in [-0.4, -0.2) is 47.6 Å². The first kappa shape index (κ1) is 22.0. The third-order valence-electron chi connectivity index (χ3n) is 8.67. The van der Waals surface area contributed by atoms with Gasteiger partial charge < -0.3 is 15.2 Å². The highest BCUT2D eigenvalue weighted by Gasteiger charge is 2.45. The van der Waals surface area contributed by atoms with Crippen molar-refractivity contribution in [2.75, 3.05) is 30.3 Å². The molecular weight excluding hydrogens is 426 g/mol. The summed E-state index contributed by atoms with van der Waals surface area (Å²) in [6, 6.07) is 10.4. The van der Waals surface area contributed by atoms with Gasteiger partial charge >= 0.3 is 6.03 Å². The fourth-order valence-corrected chi connectivity index (χ4v) is 6.89. The van der Waals surface area contributed by atoms with E-state index in [1.54, 1.807) is 6.20 Å². The molecule has 3 fully saturated rings. The van der Waals surface area contributed by atoms with Crippen LogP contribution in [0, 0.1) is 5.21 Å². The third kappa shape index (κ3) is 4.00. The summed E-state index contributed by atoms with van der Waals surface area (Å²) in [6.07, 6.45) is 12.4. The van der Waals surface area contributed by atoms with Gasteiger partial charge in [0.1, 0.15) is 11.5 Å². The zero-order chi connectivity index (χ0) is 23.1. The van der Waals surface area contributed by atoms with Crippen molar-refractivity contribution < 1.29 is 4.79 Å². The zero-order valence-corrected chi connectivity index (χ0v) is 19.8. The molecule has 7 heteroatoms. The summed E-state index contributed by atoms with van der Waals surface area (Å²) in [5.74, 6) is 1.07. The molecule has 3 unspecified atom stereocenters. The Morgan fingerprint density at radius 1 is 1.06 bits per heavy atom. The molecule has 1 aromatic heterocycles. The Morgan fingerprint density at radius 3 is 2.82 bits per heavy atom. The molecule has 3 aliphatic heterocycles. The van der Waals surface area contributed by atoms with Crippen LogP contribution in [0.25, 0.3) is 0 Å². The van der Waals surface area contributed by atoms with E-state index in [4.69, 9.17) is 0 Å². The van der Waals surface area contributed by atoms with Crippen molar-refractivity contribution in [1.82, 2.24) is 14.5 Å². The van der Waals surface area contributed by atoms with Crippen molar-refractivity contribution in [2.24, 2.45) is 0 Å². The molecule has 1 saturated carbocycles. The van der Waals surface area contributed by atoms with E-state index in [0.717, 1.165) is 48.8 Å². The number of pyridine rings is 1. The van der Waals surface area contributed by atoms with E-state index >= 15 is 0 Å². The highest BCUT2D eigenvalue weighted by atomic mass is 16.6. The van der Waals surface area contributed by atoms with Gasteiger partial charge in [0.05, 0.1) is 18.3 Å². The summed E-state index contributed by atoms with van der Waals surface area (Å²) in [5.41, 5.74) is 3.81. The van der Waals surface area contributed by atoms with Crippen molar-refractivity contribution >= 4 is 23.2 Å². The third-order valence-corrected chi connectivity index (χ3v) is 8.67. The molecule has 0 radical (unpaired) electrons. The van der Waals surface area contributed by atoms with Crippen LogP contribution in [0.2, 0.25) is 0 Å². The van der Waals surface area contributed by atoms with Crippen molar-refractivity contribution in [1.29, 1.82) is 0 Å². The minimum Gasteiger partial charge on any atom is -0.627 e. The van der Waals surface area contributed by atoms with Gasteiger partial charge in [-0.2, -0.15) is 0 Å². The summed E-state index contributed by atoms with van der Waals surface area (Å²) in [7, 11) is 0. The Labute approximate surface area is 201 Å². The predicted molar refractivity (Wildman–Crippen MR) is 136 cm³/mol. The average Bonchev–Trinajstić information content (AvgIpc) is 3.54. The normalized spacial score (nSPS) is 29.1. The van der Waals surface area contributed by atoms with Crippen LogP contribution in [0.1, 0.15) is 68.4 Å². The van der Waals surface area contributed by atoms with Gasteiger partial charge in [0.2, 0.25) is 0 Å². The minimum absolute atomic E-state index is 0.0962. The second-order valence-corrected chi connectivity index (χ2v) is 10.6. The molecule has 4 aliphatic rings. The van der Waals surface area contributed by atoms with Gasteiger partial charge in [-0.05, 0) is 61.6 Å². The molecule has 4 heterocycles. The number of amides is 2. The van der Waals surface area contributed by atoms with E-state index in [1.165, 1.54) is 50.6 Å². The summed E-state index contributed by atoms with van der Waals surface area (Å²) in [4.78, 5) is 19.9. The van der Waals surface area contributed by atoms with Crippen LogP contribution in [-0.2, 0) is 6.42 Å². The number of quaternary nitrogens is 1. The molecule has 0 bridgehead atoms. The molecule has 3 atom stereocenters. The van der Waals surface area contributed by atoms with Crippen LogP contribution in [0.4, 0.5) is 22.0 Å². The maximum Gasteiger partial charge on any atom is 0.324 e. The summed E-state index contributed by atoms with van der Waals surface area (Å²) in [6.45, 7) is 2.91. The highest BCUT2D eigenvalue weighted by Crippen LogP contribution is 2.46. The van der Waals surface area contributed by atoms with Gasteiger partial charge in [0, 0.05) is 43.6 Å². The van der Waals surface area contributed by atoms with Crippen molar-refractivity contribution in [2.45, 2.75) is 75.8 Å². The SMILES string of the molecule is O=C(Nc1cc(C2CCN(C3CCCCC3)C2)ccn1)Nc1cccc2c1CC1CCC[N+]21[O-]. The highest BCUT2D eigenvalue weighted by molar-refractivity contribution is 6.00. The number of aromatic nitrogens is 1. The lowest BCUT2D eigenvalue weighted by atomic mass is 9.94. The number of likely N-dealkylation sites (tertiary alicyclic amines) is 1. The zero-order valence-electron chi connectivity index (χ0n) is 19.8. The van der Waals surface area contributed by atoms with Crippen LogP contribution >= 0.6 is 0 Å². The number of nitrogens with one attached hydrogen (secondary N) is 2. The first-order valence-corrected chi connectivity index (χ1v) is 13.1. The van der Waals surface area contributed by atoms with E-state index < -0.39 is 0 Å². The number of hydrogen-bond donors (Lipinski definition) is 2. The van der Waals surface area contributed by atoms with Gasteiger partial charge in [-0.15, -0.1) is 0 Å². The number of hydroxylamine groups is 2. The number of carbonyl (C=O) groups excluding carboxylic acids is 1.